The third-order valence-electron chi connectivity index (χ3n) is 7.58. The number of nitrogens with one attached hydrogen (secondary N) is 3. The van der Waals surface area contributed by atoms with Crippen LogP contribution in [0, 0.1) is 5.92 Å². The van der Waals surface area contributed by atoms with Crippen LogP contribution < -0.4 is 10.6 Å². The molecule has 4 amide bonds. The van der Waals surface area contributed by atoms with E-state index in [0.717, 1.165) is 46.2 Å². The van der Waals surface area contributed by atoms with Gasteiger partial charge in [-0.25, -0.2) is 4.79 Å². The Hall–Kier alpha value is -3.32. The number of hydrogen-bond acceptors (Lipinski definition) is 3. The highest BCUT2D eigenvalue weighted by atomic mass is 35.5. The van der Waals surface area contributed by atoms with Crippen molar-refractivity contribution in [2.24, 2.45) is 5.92 Å². The van der Waals surface area contributed by atoms with Gasteiger partial charge in [0.15, 0.2) is 0 Å². The smallest absolute Gasteiger partial charge is 0.325 e. The topological polar surface area (TPSA) is 94.3 Å². The lowest BCUT2D eigenvalue weighted by Crippen LogP contribution is -2.54. The number of hydrogen-bond donors (Lipinski definition) is 3. The van der Waals surface area contributed by atoms with Crippen LogP contribution in [0.2, 0.25) is 5.02 Å². The molecule has 8 heteroatoms. The van der Waals surface area contributed by atoms with Crippen molar-refractivity contribution in [3.05, 3.63) is 70.9 Å². The molecule has 1 aliphatic carbocycles. The molecule has 5 rings (SSSR count). The molecule has 0 unspecified atom stereocenters. The number of H-pyrrole nitrogens is 1. The van der Waals surface area contributed by atoms with E-state index in [4.69, 9.17) is 11.6 Å². The molecule has 1 aliphatic heterocycles. The third-order valence-corrected chi connectivity index (χ3v) is 7.93. The molecule has 2 fully saturated rings. The highest BCUT2D eigenvalue weighted by Crippen LogP contribution is 2.38. The number of halogens is 1. The zero-order valence-corrected chi connectivity index (χ0v) is 20.4. The number of para-hydroxylation sites is 1. The molecular weight excluding hydrogens is 464 g/mol. The summed E-state index contributed by atoms with van der Waals surface area (Å²) in [4.78, 5) is 43.2. The number of amides is 4. The molecule has 3 atom stereocenters. The van der Waals surface area contributed by atoms with Crippen LogP contribution in [0.3, 0.4) is 0 Å². The summed E-state index contributed by atoms with van der Waals surface area (Å²) in [6.07, 6.45) is 5.38. The number of benzene rings is 2. The Bertz CT molecular complexity index is 1290. The van der Waals surface area contributed by atoms with Crippen LogP contribution in [0.25, 0.3) is 10.9 Å². The molecule has 1 saturated carbocycles. The third kappa shape index (κ3) is 4.18. The van der Waals surface area contributed by atoms with Crippen LogP contribution in [0.15, 0.2) is 54.7 Å². The van der Waals surface area contributed by atoms with Crippen LogP contribution in [-0.4, -0.2) is 46.4 Å². The molecule has 1 aromatic heterocycles. The molecule has 2 aliphatic rings. The average molecular weight is 493 g/mol. The van der Waals surface area contributed by atoms with E-state index in [2.05, 4.69) is 15.6 Å². The number of fused-ring (bicyclic) bond motifs is 1. The number of carbonyl (C=O) groups is 3. The maximum absolute atomic E-state index is 13.2. The van der Waals surface area contributed by atoms with Gasteiger partial charge in [0.2, 0.25) is 5.91 Å². The van der Waals surface area contributed by atoms with Crippen molar-refractivity contribution in [3.8, 4) is 0 Å². The lowest BCUT2D eigenvalue weighted by atomic mass is 9.73. The van der Waals surface area contributed by atoms with Gasteiger partial charge < -0.3 is 15.6 Å². The van der Waals surface area contributed by atoms with E-state index in [0.29, 0.717) is 11.4 Å². The van der Waals surface area contributed by atoms with Gasteiger partial charge in [0.1, 0.15) is 12.1 Å². The molecule has 3 N–H and O–H groups in total. The molecule has 0 radical (unpaired) electrons. The molecule has 2 heterocycles. The molecule has 1 saturated heterocycles. The Kier molecular flexibility index (Phi) is 6.28. The summed E-state index contributed by atoms with van der Waals surface area (Å²) in [5, 5.41) is 7.51. The number of nitrogens with zero attached hydrogens (tertiary/aromatic N) is 1. The Morgan fingerprint density at radius 3 is 2.71 bits per heavy atom. The molecule has 2 aromatic carbocycles. The van der Waals surface area contributed by atoms with Gasteiger partial charge in [0, 0.05) is 34.6 Å². The Labute approximate surface area is 209 Å². The van der Waals surface area contributed by atoms with Crippen molar-refractivity contribution in [1.29, 1.82) is 0 Å². The van der Waals surface area contributed by atoms with Gasteiger partial charge >= 0.3 is 6.03 Å². The fourth-order valence-electron chi connectivity index (χ4n) is 5.58. The Morgan fingerprint density at radius 2 is 1.91 bits per heavy atom. The highest BCUT2D eigenvalue weighted by molar-refractivity contribution is 6.31. The van der Waals surface area contributed by atoms with Gasteiger partial charge in [0.25, 0.3) is 5.91 Å². The van der Waals surface area contributed by atoms with Crippen molar-refractivity contribution in [2.75, 3.05) is 13.1 Å². The first kappa shape index (κ1) is 23.4. The lowest BCUT2D eigenvalue weighted by molar-refractivity contribution is -0.137. The van der Waals surface area contributed by atoms with Gasteiger partial charge in [-0.05, 0) is 42.0 Å². The summed E-state index contributed by atoms with van der Waals surface area (Å²) in [7, 11) is 0. The number of aromatic nitrogens is 1. The predicted molar refractivity (Wildman–Crippen MR) is 135 cm³/mol. The monoisotopic (exact) mass is 492 g/mol. The number of carbonyl (C=O) groups excluding carboxylic acids is 3. The Morgan fingerprint density at radius 1 is 1.14 bits per heavy atom. The first-order chi connectivity index (χ1) is 16.9. The zero-order valence-electron chi connectivity index (χ0n) is 19.6. The molecule has 182 valence electrons. The quantitative estimate of drug-likeness (QED) is 0.440. The fourth-order valence-corrected chi connectivity index (χ4v) is 5.85. The van der Waals surface area contributed by atoms with Crippen molar-refractivity contribution in [1.82, 2.24) is 20.5 Å². The second-order valence-corrected chi connectivity index (χ2v) is 10.0. The van der Waals surface area contributed by atoms with E-state index >= 15 is 0 Å². The van der Waals surface area contributed by atoms with Gasteiger partial charge in [0.05, 0.1) is 0 Å². The second kappa shape index (κ2) is 9.38. The predicted octanol–water partition coefficient (Wildman–Crippen LogP) is 4.57. The fraction of sp³-hybridized carbons (Fsp3) is 0.370. The van der Waals surface area contributed by atoms with Crippen LogP contribution in [0.4, 0.5) is 4.79 Å². The normalized spacial score (nSPS) is 23.0. The van der Waals surface area contributed by atoms with E-state index in [1.807, 2.05) is 61.7 Å². The molecule has 3 aromatic rings. The van der Waals surface area contributed by atoms with Crippen molar-refractivity contribution >= 4 is 40.3 Å². The van der Waals surface area contributed by atoms with E-state index < -0.39 is 11.6 Å². The average Bonchev–Trinajstić information content (AvgIpc) is 3.38. The maximum Gasteiger partial charge on any atom is 0.325 e. The number of aromatic amines is 1. The Balaban J connectivity index is 1.34. The minimum Gasteiger partial charge on any atom is -0.361 e. The van der Waals surface area contributed by atoms with Crippen molar-refractivity contribution < 1.29 is 14.4 Å². The minimum atomic E-state index is -0.875. The van der Waals surface area contributed by atoms with Gasteiger partial charge in [-0.1, -0.05) is 67.8 Å². The number of imide groups is 1. The number of rotatable bonds is 6. The molecular formula is C27H29ClN4O3. The van der Waals surface area contributed by atoms with Gasteiger partial charge in [-0.2, -0.15) is 0 Å². The molecule has 0 bridgehead atoms. The first-order valence-electron chi connectivity index (χ1n) is 12.1. The summed E-state index contributed by atoms with van der Waals surface area (Å²) in [6.45, 7) is 1.97. The largest absolute Gasteiger partial charge is 0.361 e. The molecule has 1 spiro atoms. The highest BCUT2D eigenvalue weighted by Gasteiger charge is 2.55. The van der Waals surface area contributed by atoms with Crippen molar-refractivity contribution in [2.45, 2.75) is 44.1 Å². The molecule has 35 heavy (non-hydrogen) atoms. The van der Waals surface area contributed by atoms with Crippen molar-refractivity contribution in [3.63, 3.8) is 0 Å². The summed E-state index contributed by atoms with van der Waals surface area (Å²) < 4.78 is 0. The first-order valence-corrected chi connectivity index (χ1v) is 12.5. The number of urea groups is 1. The summed E-state index contributed by atoms with van der Waals surface area (Å²) in [5.41, 5.74) is 2.03. The lowest BCUT2D eigenvalue weighted by Gasteiger charge is -2.36. The maximum atomic E-state index is 13.2. The second-order valence-electron chi connectivity index (χ2n) is 9.61. The zero-order chi connectivity index (χ0) is 24.6. The van der Waals surface area contributed by atoms with E-state index in [1.165, 1.54) is 0 Å². The van der Waals surface area contributed by atoms with Crippen LogP contribution in [0.1, 0.15) is 49.7 Å². The van der Waals surface area contributed by atoms with E-state index in [-0.39, 0.29) is 36.7 Å². The van der Waals surface area contributed by atoms with E-state index in [1.54, 1.807) is 0 Å². The SMILES string of the molecule is C[C@@H]1CCCC[C@@]12NC(=O)N(CC(=O)NC[C@@H](c1ccccc1Cl)c1c[nH]c3ccccc13)C2=O. The minimum absolute atomic E-state index is 0.0484. The van der Waals surface area contributed by atoms with E-state index in [9.17, 15) is 14.4 Å². The van der Waals surface area contributed by atoms with Crippen LogP contribution in [-0.2, 0) is 9.59 Å². The van der Waals surface area contributed by atoms with Crippen LogP contribution >= 0.6 is 11.6 Å². The summed E-state index contributed by atoms with van der Waals surface area (Å²) in [6, 6.07) is 15.1. The summed E-state index contributed by atoms with van der Waals surface area (Å²) >= 11 is 6.55. The van der Waals surface area contributed by atoms with Gasteiger partial charge in [-0.3, -0.25) is 14.5 Å². The van der Waals surface area contributed by atoms with Gasteiger partial charge in [-0.15, -0.1) is 0 Å². The standard InChI is InChI=1S/C27H29ClN4O3/c1-17-8-6-7-13-27(17)25(34)32(26(35)31-27)16-24(33)30-15-20(18-9-2-4-11-22(18)28)21-14-29-23-12-5-3-10-19(21)23/h2-5,9-12,14,17,20,29H,6-8,13,15-16H2,1H3,(H,30,33)(H,31,35)/t17-,20+,27-/m1/s1. The van der Waals surface area contributed by atoms with Crippen LogP contribution in [0.5, 0.6) is 0 Å². The molecule has 7 nitrogen and oxygen atoms in total. The summed E-state index contributed by atoms with van der Waals surface area (Å²) in [5.74, 6) is -0.834.